The number of carbonyl (C=O) groups excluding carboxylic acids is 1. The summed E-state index contributed by atoms with van der Waals surface area (Å²) in [5.74, 6) is 0.815. The largest absolute Gasteiger partial charge is 0.352 e. The fourth-order valence-electron chi connectivity index (χ4n) is 3.34. The molecule has 8 nitrogen and oxygen atoms in total. The van der Waals surface area contributed by atoms with E-state index in [9.17, 15) is 4.79 Å². The Labute approximate surface area is 162 Å². The van der Waals surface area contributed by atoms with Crippen LogP contribution in [0.1, 0.15) is 17.4 Å². The fraction of sp³-hybridized carbons (Fsp3) is 0.250. The van der Waals surface area contributed by atoms with Crippen molar-refractivity contribution < 1.29 is 4.79 Å². The van der Waals surface area contributed by atoms with Crippen LogP contribution in [-0.4, -0.2) is 42.2 Å². The molecule has 0 bridgehead atoms. The molecule has 2 heterocycles. The van der Waals surface area contributed by atoms with Gasteiger partial charge in [-0.3, -0.25) is 4.79 Å². The van der Waals surface area contributed by atoms with Crippen LogP contribution in [0.2, 0.25) is 0 Å². The third kappa shape index (κ3) is 3.75. The normalized spacial score (nSPS) is 12.2. The Hall–Kier alpha value is -3.55. The van der Waals surface area contributed by atoms with Crippen molar-refractivity contribution in [3.05, 3.63) is 72.3 Å². The van der Waals surface area contributed by atoms with Crippen LogP contribution in [0.4, 0.5) is 0 Å². The summed E-state index contributed by atoms with van der Waals surface area (Å²) in [5.41, 5.74) is 3.08. The third-order valence-corrected chi connectivity index (χ3v) is 4.74. The van der Waals surface area contributed by atoms with Gasteiger partial charge in [-0.15, -0.1) is 5.10 Å². The van der Waals surface area contributed by atoms with E-state index in [-0.39, 0.29) is 5.91 Å². The highest BCUT2D eigenvalue weighted by Gasteiger charge is 2.22. The van der Waals surface area contributed by atoms with Gasteiger partial charge in [0.1, 0.15) is 18.2 Å². The summed E-state index contributed by atoms with van der Waals surface area (Å²) in [4.78, 5) is 17.4. The van der Waals surface area contributed by atoms with Gasteiger partial charge in [-0.05, 0) is 35.0 Å². The fourth-order valence-corrected chi connectivity index (χ4v) is 3.34. The summed E-state index contributed by atoms with van der Waals surface area (Å²) in [7, 11) is 0. The minimum absolute atomic E-state index is 0.113. The van der Waals surface area contributed by atoms with Gasteiger partial charge in [0.05, 0.1) is 11.0 Å². The van der Waals surface area contributed by atoms with E-state index >= 15 is 0 Å². The van der Waals surface area contributed by atoms with Gasteiger partial charge in [0.2, 0.25) is 5.91 Å². The molecule has 1 N–H and O–H groups in total. The molecular weight excluding hydrogens is 354 g/mol. The first-order valence-electron chi connectivity index (χ1n) is 9.18. The van der Waals surface area contributed by atoms with Crippen molar-refractivity contribution >= 4 is 16.9 Å². The van der Waals surface area contributed by atoms with E-state index in [0.29, 0.717) is 19.5 Å². The van der Waals surface area contributed by atoms with E-state index in [1.54, 1.807) is 0 Å². The average molecular weight is 375 g/mol. The number of fused-ring (bicyclic) bond motifs is 1. The number of aromatic nitrogens is 6. The maximum absolute atomic E-state index is 12.9. The van der Waals surface area contributed by atoms with Crippen molar-refractivity contribution in [1.29, 1.82) is 0 Å². The average Bonchev–Trinajstić information content (AvgIpc) is 3.35. The number of para-hydroxylation sites is 2. The molecule has 28 heavy (non-hydrogen) atoms. The van der Waals surface area contributed by atoms with Crippen LogP contribution in [0.25, 0.3) is 11.0 Å². The number of rotatable bonds is 7. The maximum atomic E-state index is 12.9. The van der Waals surface area contributed by atoms with Crippen molar-refractivity contribution in [2.75, 3.05) is 6.54 Å². The van der Waals surface area contributed by atoms with Crippen molar-refractivity contribution in [2.45, 2.75) is 25.9 Å². The summed E-state index contributed by atoms with van der Waals surface area (Å²) in [6.45, 7) is 3.11. The molecule has 8 heteroatoms. The topological polar surface area (TPSA) is 90.5 Å². The van der Waals surface area contributed by atoms with E-state index < -0.39 is 6.04 Å². The molecule has 0 spiro atoms. The zero-order chi connectivity index (χ0) is 19.3. The van der Waals surface area contributed by atoms with Gasteiger partial charge in [0.25, 0.3) is 0 Å². The van der Waals surface area contributed by atoms with E-state index in [2.05, 4.69) is 30.4 Å². The first-order chi connectivity index (χ1) is 13.7. The standard InChI is InChI=1S/C20H21N7O/c1-15-23-17-9-5-6-10-18(17)26(15)12-11-21-20(28)19(27-14-22-24-25-27)13-16-7-3-2-4-8-16/h2-10,14,19H,11-13H2,1H3,(H,21,28). The zero-order valence-electron chi connectivity index (χ0n) is 15.6. The Morgan fingerprint density at radius 1 is 1.11 bits per heavy atom. The minimum atomic E-state index is -0.502. The van der Waals surface area contributed by atoms with E-state index in [1.165, 1.54) is 11.0 Å². The number of benzene rings is 2. The molecule has 1 unspecified atom stereocenters. The summed E-state index contributed by atoms with van der Waals surface area (Å²) in [6, 6.07) is 17.3. The number of aryl methyl sites for hydroxylation is 1. The van der Waals surface area contributed by atoms with E-state index in [1.807, 2.05) is 61.5 Å². The molecule has 2 aromatic heterocycles. The molecule has 142 valence electrons. The monoisotopic (exact) mass is 375 g/mol. The van der Waals surface area contributed by atoms with Gasteiger partial charge >= 0.3 is 0 Å². The van der Waals surface area contributed by atoms with Crippen LogP contribution in [0.3, 0.4) is 0 Å². The summed E-state index contributed by atoms with van der Waals surface area (Å²) in [5, 5.41) is 14.3. The Morgan fingerprint density at radius 3 is 2.68 bits per heavy atom. The predicted molar refractivity (Wildman–Crippen MR) is 104 cm³/mol. The van der Waals surface area contributed by atoms with Gasteiger partial charge in [-0.25, -0.2) is 9.67 Å². The second-order valence-electron chi connectivity index (χ2n) is 6.59. The van der Waals surface area contributed by atoms with Crippen LogP contribution < -0.4 is 5.32 Å². The van der Waals surface area contributed by atoms with Gasteiger partial charge < -0.3 is 9.88 Å². The lowest BCUT2D eigenvalue weighted by molar-refractivity contribution is -0.124. The minimum Gasteiger partial charge on any atom is -0.352 e. The highest BCUT2D eigenvalue weighted by molar-refractivity contribution is 5.80. The van der Waals surface area contributed by atoms with E-state index in [4.69, 9.17) is 0 Å². The highest BCUT2D eigenvalue weighted by atomic mass is 16.2. The Bertz CT molecular complexity index is 1060. The molecule has 4 rings (SSSR count). The highest BCUT2D eigenvalue weighted by Crippen LogP contribution is 2.16. The second-order valence-corrected chi connectivity index (χ2v) is 6.59. The Kier molecular flexibility index (Phi) is 5.09. The van der Waals surface area contributed by atoms with Gasteiger partial charge in [-0.2, -0.15) is 0 Å². The van der Waals surface area contributed by atoms with Crippen molar-refractivity contribution in [1.82, 2.24) is 35.1 Å². The van der Waals surface area contributed by atoms with Crippen molar-refractivity contribution in [2.24, 2.45) is 0 Å². The second kappa shape index (κ2) is 7.99. The summed E-state index contributed by atoms with van der Waals surface area (Å²) in [6.07, 6.45) is 1.99. The molecule has 4 aromatic rings. The zero-order valence-corrected chi connectivity index (χ0v) is 15.6. The number of tetrazole rings is 1. The molecule has 0 aliphatic carbocycles. The number of hydrogen-bond donors (Lipinski definition) is 1. The van der Waals surface area contributed by atoms with Crippen LogP contribution in [0.15, 0.2) is 60.9 Å². The van der Waals surface area contributed by atoms with Crippen LogP contribution in [-0.2, 0) is 17.8 Å². The van der Waals surface area contributed by atoms with Gasteiger partial charge in [0, 0.05) is 19.5 Å². The number of nitrogens with one attached hydrogen (secondary N) is 1. The van der Waals surface area contributed by atoms with Crippen LogP contribution in [0, 0.1) is 6.92 Å². The third-order valence-electron chi connectivity index (χ3n) is 4.74. The molecule has 0 saturated heterocycles. The number of nitrogens with zero attached hydrogens (tertiary/aromatic N) is 6. The number of imidazole rings is 1. The summed E-state index contributed by atoms with van der Waals surface area (Å²) >= 11 is 0. The number of amides is 1. The molecule has 0 fully saturated rings. The number of carbonyl (C=O) groups is 1. The lowest BCUT2D eigenvalue weighted by Gasteiger charge is -2.17. The van der Waals surface area contributed by atoms with Crippen LogP contribution in [0.5, 0.6) is 0 Å². The molecule has 1 amide bonds. The SMILES string of the molecule is Cc1nc2ccccc2n1CCNC(=O)C(Cc1ccccc1)n1cnnn1. The Balaban J connectivity index is 1.45. The summed E-state index contributed by atoms with van der Waals surface area (Å²) < 4.78 is 3.61. The quantitative estimate of drug-likeness (QED) is 0.533. The lowest BCUT2D eigenvalue weighted by atomic mass is 10.1. The van der Waals surface area contributed by atoms with Gasteiger partial charge in [0.15, 0.2) is 0 Å². The molecule has 0 saturated carbocycles. The first kappa shape index (κ1) is 17.8. The maximum Gasteiger partial charge on any atom is 0.245 e. The van der Waals surface area contributed by atoms with Crippen LogP contribution >= 0.6 is 0 Å². The molecule has 2 aromatic carbocycles. The van der Waals surface area contributed by atoms with Crippen molar-refractivity contribution in [3.63, 3.8) is 0 Å². The lowest BCUT2D eigenvalue weighted by Crippen LogP contribution is -2.36. The smallest absolute Gasteiger partial charge is 0.245 e. The Morgan fingerprint density at radius 2 is 1.89 bits per heavy atom. The molecule has 0 radical (unpaired) electrons. The number of hydrogen-bond acceptors (Lipinski definition) is 5. The first-order valence-corrected chi connectivity index (χ1v) is 9.18. The van der Waals surface area contributed by atoms with E-state index in [0.717, 1.165) is 22.4 Å². The molecule has 0 aliphatic heterocycles. The predicted octanol–water partition coefficient (Wildman–Crippen LogP) is 1.93. The van der Waals surface area contributed by atoms with Gasteiger partial charge in [-0.1, -0.05) is 42.5 Å². The molecular formula is C20H21N7O. The molecule has 1 atom stereocenters. The van der Waals surface area contributed by atoms with Crippen molar-refractivity contribution in [3.8, 4) is 0 Å². The molecule has 0 aliphatic rings.